The van der Waals surface area contributed by atoms with Crippen molar-refractivity contribution in [2.75, 3.05) is 19.6 Å². The van der Waals surface area contributed by atoms with E-state index in [4.69, 9.17) is 5.73 Å². The Bertz CT molecular complexity index is 433. The van der Waals surface area contributed by atoms with Crippen LogP contribution in [0.4, 0.5) is 0 Å². The molecular formula is C17H31N3. The van der Waals surface area contributed by atoms with E-state index in [1.807, 2.05) is 0 Å². The predicted molar refractivity (Wildman–Crippen MR) is 85.9 cm³/mol. The molecule has 2 rings (SSSR count). The highest BCUT2D eigenvalue weighted by Gasteiger charge is 2.32. The molecular weight excluding hydrogens is 246 g/mol. The van der Waals surface area contributed by atoms with Crippen LogP contribution in [0.25, 0.3) is 0 Å². The first-order valence-corrected chi connectivity index (χ1v) is 8.12. The minimum absolute atomic E-state index is 0.216. The van der Waals surface area contributed by atoms with Gasteiger partial charge in [0.1, 0.15) is 0 Å². The number of nitrogens with two attached hydrogens (primary N) is 1. The Morgan fingerprint density at radius 3 is 2.75 bits per heavy atom. The molecule has 0 bridgehead atoms. The number of nitrogens with zero attached hydrogens (tertiary/aromatic N) is 2. The largest absolute Gasteiger partial charge is 0.350 e. The quantitative estimate of drug-likeness (QED) is 0.866. The van der Waals surface area contributed by atoms with Crippen LogP contribution in [0.3, 0.4) is 0 Å². The first-order chi connectivity index (χ1) is 9.46. The van der Waals surface area contributed by atoms with Gasteiger partial charge in [0, 0.05) is 31.0 Å². The van der Waals surface area contributed by atoms with Crippen molar-refractivity contribution in [1.82, 2.24) is 9.47 Å². The fraction of sp³-hybridized carbons (Fsp3) is 0.765. The van der Waals surface area contributed by atoms with Crippen LogP contribution in [0, 0.1) is 5.41 Å². The zero-order valence-corrected chi connectivity index (χ0v) is 13.7. The van der Waals surface area contributed by atoms with E-state index >= 15 is 0 Å². The summed E-state index contributed by atoms with van der Waals surface area (Å²) in [6.45, 7) is 13.7. The van der Waals surface area contributed by atoms with Crippen LogP contribution in [-0.2, 0) is 13.0 Å². The number of aromatic nitrogens is 1. The standard InChI is InChI=1S/C17H31N3/c1-5-8-19(6-2)10-11-20-9-7-14-15(18)12-17(3,4)13-16(14)20/h7,9,15H,5-6,8,10-13,18H2,1-4H3. The Labute approximate surface area is 124 Å². The summed E-state index contributed by atoms with van der Waals surface area (Å²) in [7, 11) is 0. The maximum atomic E-state index is 6.34. The molecule has 2 N–H and O–H groups in total. The van der Waals surface area contributed by atoms with E-state index < -0.39 is 0 Å². The topological polar surface area (TPSA) is 34.2 Å². The molecule has 3 nitrogen and oxygen atoms in total. The van der Waals surface area contributed by atoms with Crippen LogP contribution in [0.15, 0.2) is 12.3 Å². The summed E-state index contributed by atoms with van der Waals surface area (Å²) < 4.78 is 2.44. The van der Waals surface area contributed by atoms with Crippen LogP contribution >= 0.6 is 0 Å². The minimum Gasteiger partial charge on any atom is -0.350 e. The molecule has 0 aromatic carbocycles. The summed E-state index contributed by atoms with van der Waals surface area (Å²) in [5.74, 6) is 0. The molecule has 3 heteroatoms. The molecule has 114 valence electrons. The molecule has 1 heterocycles. The van der Waals surface area contributed by atoms with E-state index in [0.29, 0.717) is 5.41 Å². The van der Waals surface area contributed by atoms with Crippen molar-refractivity contribution < 1.29 is 0 Å². The van der Waals surface area contributed by atoms with Gasteiger partial charge in [-0.15, -0.1) is 0 Å². The van der Waals surface area contributed by atoms with Gasteiger partial charge in [-0.25, -0.2) is 0 Å². The predicted octanol–water partition coefficient (Wildman–Crippen LogP) is 3.19. The van der Waals surface area contributed by atoms with Gasteiger partial charge < -0.3 is 15.2 Å². The number of fused-ring (bicyclic) bond motifs is 1. The third-order valence-corrected chi connectivity index (χ3v) is 4.58. The van der Waals surface area contributed by atoms with Crippen molar-refractivity contribution in [3.05, 3.63) is 23.5 Å². The Kier molecular flexibility index (Phi) is 4.92. The van der Waals surface area contributed by atoms with Gasteiger partial charge in [-0.3, -0.25) is 0 Å². The SMILES string of the molecule is CCCN(CC)CCn1ccc2c1CC(C)(C)CC2N. The summed E-state index contributed by atoms with van der Waals surface area (Å²) in [6.07, 6.45) is 5.73. The summed E-state index contributed by atoms with van der Waals surface area (Å²) >= 11 is 0. The minimum atomic E-state index is 0.216. The third-order valence-electron chi connectivity index (χ3n) is 4.58. The van der Waals surface area contributed by atoms with E-state index in [2.05, 4.69) is 49.4 Å². The second-order valence-electron chi connectivity index (χ2n) is 7.00. The zero-order chi connectivity index (χ0) is 14.8. The monoisotopic (exact) mass is 277 g/mol. The molecule has 1 atom stereocenters. The molecule has 20 heavy (non-hydrogen) atoms. The number of rotatable bonds is 6. The fourth-order valence-corrected chi connectivity index (χ4v) is 3.50. The maximum Gasteiger partial charge on any atom is 0.0350 e. The second kappa shape index (κ2) is 6.31. The average Bonchev–Trinajstić information content (AvgIpc) is 2.76. The molecule has 1 aliphatic rings. The molecule has 0 radical (unpaired) electrons. The molecule has 0 saturated carbocycles. The first-order valence-electron chi connectivity index (χ1n) is 8.12. The van der Waals surface area contributed by atoms with Gasteiger partial charge in [0.15, 0.2) is 0 Å². The molecule has 1 aromatic heterocycles. The average molecular weight is 277 g/mol. The summed E-state index contributed by atoms with van der Waals surface area (Å²) in [4.78, 5) is 2.53. The van der Waals surface area contributed by atoms with Crippen LogP contribution in [-0.4, -0.2) is 29.1 Å². The van der Waals surface area contributed by atoms with E-state index in [-0.39, 0.29) is 6.04 Å². The highest BCUT2D eigenvalue weighted by atomic mass is 15.1. The molecule has 0 aliphatic heterocycles. The molecule has 0 amide bonds. The molecule has 0 fully saturated rings. The second-order valence-corrected chi connectivity index (χ2v) is 7.00. The Balaban J connectivity index is 2.07. The van der Waals surface area contributed by atoms with Crippen molar-refractivity contribution in [2.45, 2.75) is 59.5 Å². The molecule has 1 aliphatic carbocycles. The van der Waals surface area contributed by atoms with Gasteiger partial charge in [0.2, 0.25) is 0 Å². The summed E-state index contributed by atoms with van der Waals surface area (Å²) in [6, 6.07) is 2.46. The lowest BCUT2D eigenvalue weighted by Gasteiger charge is -2.34. The summed E-state index contributed by atoms with van der Waals surface area (Å²) in [5.41, 5.74) is 9.52. The van der Waals surface area contributed by atoms with Crippen LogP contribution in [0.1, 0.15) is 57.8 Å². The van der Waals surface area contributed by atoms with Crippen molar-refractivity contribution in [1.29, 1.82) is 0 Å². The van der Waals surface area contributed by atoms with E-state index in [1.54, 1.807) is 0 Å². The molecule has 1 aromatic rings. The Morgan fingerprint density at radius 1 is 1.35 bits per heavy atom. The molecule has 0 saturated heterocycles. The molecule has 0 spiro atoms. The smallest absolute Gasteiger partial charge is 0.0350 e. The van der Waals surface area contributed by atoms with Crippen molar-refractivity contribution >= 4 is 0 Å². The zero-order valence-electron chi connectivity index (χ0n) is 13.7. The normalized spacial score (nSPS) is 21.2. The van der Waals surface area contributed by atoms with E-state index in [9.17, 15) is 0 Å². The van der Waals surface area contributed by atoms with Gasteiger partial charge in [0.25, 0.3) is 0 Å². The van der Waals surface area contributed by atoms with Crippen LogP contribution < -0.4 is 5.73 Å². The van der Waals surface area contributed by atoms with Crippen molar-refractivity contribution in [3.63, 3.8) is 0 Å². The lowest BCUT2D eigenvalue weighted by atomic mass is 9.74. The fourth-order valence-electron chi connectivity index (χ4n) is 3.50. The highest BCUT2D eigenvalue weighted by Crippen LogP contribution is 2.39. The lowest BCUT2D eigenvalue weighted by molar-refractivity contribution is 0.259. The van der Waals surface area contributed by atoms with Crippen molar-refractivity contribution in [3.8, 4) is 0 Å². The number of likely N-dealkylation sites (N-methyl/N-ethyl adjacent to an activating group) is 1. The number of hydrogen-bond acceptors (Lipinski definition) is 2. The lowest BCUT2D eigenvalue weighted by Crippen LogP contribution is -2.32. The van der Waals surface area contributed by atoms with Crippen LogP contribution in [0.2, 0.25) is 0 Å². The number of hydrogen-bond donors (Lipinski definition) is 1. The Hall–Kier alpha value is -0.800. The first kappa shape index (κ1) is 15.6. The Morgan fingerprint density at radius 2 is 2.10 bits per heavy atom. The highest BCUT2D eigenvalue weighted by molar-refractivity contribution is 5.30. The van der Waals surface area contributed by atoms with E-state index in [0.717, 1.165) is 32.5 Å². The maximum absolute atomic E-state index is 6.34. The third kappa shape index (κ3) is 3.44. The van der Waals surface area contributed by atoms with E-state index in [1.165, 1.54) is 24.2 Å². The van der Waals surface area contributed by atoms with Gasteiger partial charge in [-0.05, 0) is 49.4 Å². The van der Waals surface area contributed by atoms with Gasteiger partial charge in [-0.1, -0.05) is 27.7 Å². The summed E-state index contributed by atoms with van der Waals surface area (Å²) in [5, 5.41) is 0. The van der Waals surface area contributed by atoms with Crippen LogP contribution in [0.5, 0.6) is 0 Å². The van der Waals surface area contributed by atoms with Gasteiger partial charge >= 0.3 is 0 Å². The molecule has 1 unspecified atom stereocenters. The van der Waals surface area contributed by atoms with Gasteiger partial charge in [0.05, 0.1) is 0 Å². The van der Waals surface area contributed by atoms with Gasteiger partial charge in [-0.2, -0.15) is 0 Å². The van der Waals surface area contributed by atoms with Crippen molar-refractivity contribution in [2.24, 2.45) is 11.1 Å².